The summed E-state index contributed by atoms with van der Waals surface area (Å²) in [6, 6.07) is 9.15. The Morgan fingerprint density at radius 1 is 1.23 bits per heavy atom. The normalized spacial score (nSPS) is 13.3. The number of thioether (sulfide) groups is 1. The maximum absolute atomic E-state index is 12.5. The number of aryl methyl sites for hydroxylation is 1. The number of aromatic nitrogens is 3. The van der Waals surface area contributed by atoms with Crippen LogP contribution in [0.3, 0.4) is 0 Å². The van der Waals surface area contributed by atoms with Crippen molar-refractivity contribution in [2.24, 2.45) is 5.92 Å². The standard InChI is InChI=1S/C21H23N5O3S/c1-3-26-19(17-5-4-10-29-17)24-25-21(26)30-12-18(27)23-16-11-15(9-6-13(16)2)22-20(28)14-7-8-14/h4-6,9-11,14H,3,7-8,12H2,1-2H3,(H,22,28)(H,23,27). The van der Waals surface area contributed by atoms with Crippen LogP contribution in [0.25, 0.3) is 11.6 Å². The molecule has 1 fully saturated rings. The van der Waals surface area contributed by atoms with Gasteiger partial charge in [0.1, 0.15) is 0 Å². The average Bonchev–Trinajstić information content (AvgIpc) is 3.29. The average molecular weight is 426 g/mol. The zero-order chi connectivity index (χ0) is 21.1. The number of carbonyl (C=O) groups is 2. The van der Waals surface area contributed by atoms with Gasteiger partial charge in [-0.1, -0.05) is 17.8 Å². The van der Waals surface area contributed by atoms with Gasteiger partial charge in [-0.15, -0.1) is 10.2 Å². The van der Waals surface area contributed by atoms with Gasteiger partial charge in [-0.2, -0.15) is 0 Å². The van der Waals surface area contributed by atoms with Gasteiger partial charge in [-0.25, -0.2) is 0 Å². The molecule has 0 spiro atoms. The second-order valence-corrected chi connectivity index (χ2v) is 8.10. The molecule has 156 valence electrons. The number of furan rings is 1. The molecule has 0 radical (unpaired) electrons. The number of nitrogens with zero attached hydrogens (tertiary/aromatic N) is 3. The van der Waals surface area contributed by atoms with E-state index in [0.717, 1.165) is 18.4 Å². The summed E-state index contributed by atoms with van der Waals surface area (Å²) in [4.78, 5) is 24.5. The van der Waals surface area contributed by atoms with Crippen molar-refractivity contribution in [1.29, 1.82) is 0 Å². The first-order valence-corrected chi connectivity index (χ1v) is 10.8. The number of amides is 2. The molecule has 2 amide bonds. The third-order valence-corrected chi connectivity index (χ3v) is 5.80. The molecule has 1 aliphatic carbocycles. The SMILES string of the molecule is CCn1c(SCC(=O)Nc2cc(NC(=O)C3CC3)ccc2C)nnc1-c1ccco1. The maximum Gasteiger partial charge on any atom is 0.234 e. The third kappa shape index (κ3) is 4.56. The first-order chi connectivity index (χ1) is 14.5. The highest BCUT2D eigenvalue weighted by atomic mass is 32.2. The Hall–Kier alpha value is -3.07. The Morgan fingerprint density at radius 3 is 2.77 bits per heavy atom. The predicted octanol–water partition coefficient (Wildman–Crippen LogP) is 3.95. The van der Waals surface area contributed by atoms with Crippen LogP contribution < -0.4 is 10.6 Å². The summed E-state index contributed by atoms with van der Waals surface area (Å²) in [6.07, 6.45) is 3.48. The molecule has 0 atom stereocenters. The molecule has 1 aromatic carbocycles. The molecule has 1 aliphatic rings. The zero-order valence-electron chi connectivity index (χ0n) is 16.8. The second kappa shape index (κ2) is 8.74. The van der Waals surface area contributed by atoms with Crippen molar-refractivity contribution in [3.05, 3.63) is 42.2 Å². The highest BCUT2D eigenvalue weighted by Gasteiger charge is 2.29. The Bertz CT molecular complexity index is 1060. The van der Waals surface area contributed by atoms with Crippen LogP contribution in [0.15, 0.2) is 46.2 Å². The Kier molecular flexibility index (Phi) is 5.89. The monoisotopic (exact) mass is 425 g/mol. The molecular weight excluding hydrogens is 402 g/mol. The van der Waals surface area contributed by atoms with Crippen molar-refractivity contribution in [3.63, 3.8) is 0 Å². The van der Waals surface area contributed by atoms with Gasteiger partial charge < -0.3 is 15.1 Å². The number of nitrogens with one attached hydrogen (secondary N) is 2. The van der Waals surface area contributed by atoms with Crippen LogP contribution in [-0.2, 0) is 16.1 Å². The van der Waals surface area contributed by atoms with E-state index in [1.807, 2.05) is 36.6 Å². The van der Waals surface area contributed by atoms with Crippen molar-refractivity contribution in [3.8, 4) is 11.6 Å². The molecule has 0 saturated heterocycles. The largest absolute Gasteiger partial charge is 0.461 e. The molecule has 9 heteroatoms. The minimum atomic E-state index is -0.154. The molecule has 4 rings (SSSR count). The molecule has 2 heterocycles. The van der Waals surface area contributed by atoms with Crippen molar-refractivity contribution in [1.82, 2.24) is 14.8 Å². The lowest BCUT2D eigenvalue weighted by atomic mass is 10.1. The third-order valence-electron chi connectivity index (χ3n) is 4.83. The Balaban J connectivity index is 1.39. The Labute approximate surface area is 178 Å². The van der Waals surface area contributed by atoms with Gasteiger partial charge in [-0.05, 0) is 56.5 Å². The van der Waals surface area contributed by atoms with Crippen LogP contribution in [0.2, 0.25) is 0 Å². The minimum absolute atomic E-state index is 0.0398. The number of rotatable bonds is 8. The number of carbonyl (C=O) groups excluding carboxylic acids is 2. The van der Waals surface area contributed by atoms with E-state index in [0.29, 0.717) is 34.7 Å². The molecule has 0 unspecified atom stereocenters. The molecular formula is C21H23N5O3S. The summed E-state index contributed by atoms with van der Waals surface area (Å²) in [7, 11) is 0. The lowest BCUT2D eigenvalue weighted by molar-refractivity contribution is -0.117. The summed E-state index contributed by atoms with van der Waals surface area (Å²) in [5.74, 6) is 1.48. The molecule has 3 aromatic rings. The van der Waals surface area contributed by atoms with Crippen LogP contribution in [0.4, 0.5) is 11.4 Å². The van der Waals surface area contributed by atoms with E-state index in [9.17, 15) is 9.59 Å². The number of benzene rings is 1. The predicted molar refractivity (Wildman–Crippen MR) is 115 cm³/mol. The smallest absolute Gasteiger partial charge is 0.234 e. The molecule has 8 nitrogen and oxygen atoms in total. The van der Waals surface area contributed by atoms with Gasteiger partial charge >= 0.3 is 0 Å². The highest BCUT2D eigenvalue weighted by Crippen LogP contribution is 2.31. The fraction of sp³-hybridized carbons (Fsp3) is 0.333. The van der Waals surface area contributed by atoms with Crippen molar-refractivity contribution < 1.29 is 14.0 Å². The van der Waals surface area contributed by atoms with Gasteiger partial charge in [0.2, 0.25) is 11.8 Å². The molecule has 2 aromatic heterocycles. The van der Waals surface area contributed by atoms with Crippen LogP contribution in [-0.4, -0.2) is 32.3 Å². The minimum Gasteiger partial charge on any atom is -0.461 e. The number of hydrogen-bond acceptors (Lipinski definition) is 6. The molecule has 30 heavy (non-hydrogen) atoms. The van der Waals surface area contributed by atoms with E-state index in [2.05, 4.69) is 20.8 Å². The van der Waals surface area contributed by atoms with Crippen molar-refractivity contribution in [2.75, 3.05) is 16.4 Å². The first-order valence-electron chi connectivity index (χ1n) is 9.86. The molecule has 0 aliphatic heterocycles. The van der Waals surface area contributed by atoms with Crippen molar-refractivity contribution >= 4 is 35.0 Å². The van der Waals surface area contributed by atoms with Crippen LogP contribution in [0, 0.1) is 12.8 Å². The summed E-state index contributed by atoms with van der Waals surface area (Å²) >= 11 is 1.32. The van der Waals surface area contributed by atoms with E-state index < -0.39 is 0 Å². The van der Waals surface area contributed by atoms with Crippen LogP contribution >= 0.6 is 11.8 Å². The molecule has 0 bridgehead atoms. The van der Waals surface area contributed by atoms with Crippen LogP contribution in [0.1, 0.15) is 25.3 Å². The summed E-state index contributed by atoms with van der Waals surface area (Å²) in [5.41, 5.74) is 2.30. The first kappa shape index (κ1) is 20.2. The van der Waals surface area contributed by atoms with E-state index in [1.165, 1.54) is 11.8 Å². The van der Waals surface area contributed by atoms with Gasteiger partial charge in [0.25, 0.3) is 0 Å². The number of hydrogen-bond donors (Lipinski definition) is 2. The Morgan fingerprint density at radius 2 is 2.07 bits per heavy atom. The van der Waals surface area contributed by atoms with Crippen LogP contribution in [0.5, 0.6) is 0 Å². The summed E-state index contributed by atoms with van der Waals surface area (Å²) in [6.45, 7) is 4.57. The summed E-state index contributed by atoms with van der Waals surface area (Å²) < 4.78 is 7.32. The zero-order valence-corrected chi connectivity index (χ0v) is 17.7. The van der Waals surface area contributed by atoms with Gasteiger partial charge in [0, 0.05) is 23.8 Å². The van der Waals surface area contributed by atoms with E-state index in [4.69, 9.17) is 4.42 Å². The van der Waals surface area contributed by atoms with Gasteiger partial charge in [0.05, 0.1) is 12.0 Å². The number of anilines is 2. The highest BCUT2D eigenvalue weighted by molar-refractivity contribution is 7.99. The van der Waals surface area contributed by atoms with E-state index in [1.54, 1.807) is 18.4 Å². The fourth-order valence-electron chi connectivity index (χ4n) is 3.01. The van der Waals surface area contributed by atoms with E-state index >= 15 is 0 Å². The quantitative estimate of drug-likeness (QED) is 0.530. The van der Waals surface area contributed by atoms with Gasteiger partial charge in [-0.3, -0.25) is 14.2 Å². The van der Waals surface area contributed by atoms with E-state index in [-0.39, 0.29) is 23.5 Å². The molecule has 2 N–H and O–H groups in total. The molecule has 1 saturated carbocycles. The second-order valence-electron chi connectivity index (χ2n) is 7.16. The maximum atomic E-state index is 12.5. The topological polar surface area (TPSA) is 102 Å². The van der Waals surface area contributed by atoms with Gasteiger partial charge in [0.15, 0.2) is 16.7 Å². The fourth-order valence-corrected chi connectivity index (χ4v) is 3.81. The summed E-state index contributed by atoms with van der Waals surface area (Å²) in [5, 5.41) is 14.9. The van der Waals surface area contributed by atoms with Crippen molar-refractivity contribution in [2.45, 2.75) is 38.4 Å². The lowest BCUT2D eigenvalue weighted by Crippen LogP contribution is -2.17. The lowest BCUT2D eigenvalue weighted by Gasteiger charge is -2.11.